The van der Waals surface area contributed by atoms with Gasteiger partial charge in [0.05, 0.1) is 17.3 Å². The molecule has 1 aromatic carbocycles. The fourth-order valence-corrected chi connectivity index (χ4v) is 5.10. The first kappa shape index (κ1) is 23.3. The van der Waals surface area contributed by atoms with Crippen LogP contribution in [0.1, 0.15) is 38.4 Å². The predicted octanol–water partition coefficient (Wildman–Crippen LogP) is 4.47. The Hall–Kier alpha value is -3.41. The van der Waals surface area contributed by atoms with Gasteiger partial charge in [0.15, 0.2) is 5.60 Å². The predicted molar refractivity (Wildman–Crippen MR) is 124 cm³/mol. The molecule has 0 bridgehead atoms. The van der Waals surface area contributed by atoms with E-state index in [4.69, 9.17) is 4.74 Å². The summed E-state index contributed by atoms with van der Waals surface area (Å²) in [5.41, 5.74) is 1.75. The first-order chi connectivity index (χ1) is 15.3. The Bertz CT molecular complexity index is 1070. The Kier molecular flexibility index (Phi) is 6.82. The number of terminal acetylenes is 1. The van der Waals surface area contributed by atoms with Crippen LogP contribution in [0.25, 0.3) is 17.2 Å². The number of hydrogen-bond donors (Lipinski definition) is 1. The largest absolute Gasteiger partial charge is 0.460 e. The molecule has 0 radical (unpaired) electrons. The average Bonchev–Trinajstić information content (AvgIpc) is 3.03. The van der Waals surface area contributed by atoms with Crippen LogP contribution in [0.3, 0.4) is 0 Å². The first-order valence-electron chi connectivity index (χ1n) is 10.8. The Labute approximate surface area is 189 Å². The number of nitrogens with zero attached hydrogens (tertiary/aromatic N) is 2. The third-order valence-corrected chi connectivity index (χ3v) is 6.89. The highest BCUT2D eigenvalue weighted by molar-refractivity contribution is 5.82. The van der Waals surface area contributed by atoms with Crippen molar-refractivity contribution in [2.24, 2.45) is 23.7 Å². The Morgan fingerprint density at radius 1 is 1.22 bits per heavy atom. The second-order valence-electron chi connectivity index (χ2n) is 8.67. The number of carbonyl (C=O) groups is 1. The molecule has 4 rings (SSSR count). The van der Waals surface area contributed by atoms with Crippen LogP contribution in [0.2, 0.25) is 0 Å². The van der Waals surface area contributed by atoms with Gasteiger partial charge < -0.3 is 9.84 Å². The van der Waals surface area contributed by atoms with Crippen molar-refractivity contribution in [3.63, 3.8) is 0 Å². The second-order valence-corrected chi connectivity index (χ2v) is 8.67. The Balaban J connectivity index is 0.00000141. The lowest BCUT2D eigenvalue weighted by Crippen LogP contribution is -2.52. The molecule has 1 aliphatic carbocycles. The molecule has 2 aliphatic rings. The highest BCUT2D eigenvalue weighted by Gasteiger charge is 2.61. The van der Waals surface area contributed by atoms with Crippen molar-refractivity contribution in [1.82, 2.24) is 4.98 Å². The molecule has 0 spiro atoms. The van der Waals surface area contributed by atoms with Gasteiger partial charge in [-0.25, -0.2) is 4.79 Å². The molecule has 164 valence electrons. The number of benzene rings is 1. The van der Waals surface area contributed by atoms with Crippen LogP contribution in [-0.4, -0.2) is 27.8 Å². The number of ether oxygens (including phenoxy) is 1. The number of nitriles is 1. The van der Waals surface area contributed by atoms with Gasteiger partial charge in [-0.05, 0) is 49.3 Å². The molecule has 1 aliphatic heterocycles. The quantitative estimate of drug-likeness (QED) is 0.576. The van der Waals surface area contributed by atoms with Crippen molar-refractivity contribution in [3.05, 3.63) is 59.9 Å². The summed E-state index contributed by atoms with van der Waals surface area (Å²) in [7, 11) is 0. The number of rotatable bonds is 3. The zero-order valence-corrected chi connectivity index (χ0v) is 18.6. The smallest absolute Gasteiger partial charge is 0.338 e. The van der Waals surface area contributed by atoms with Crippen LogP contribution >= 0.6 is 0 Å². The lowest BCUT2D eigenvalue weighted by Gasteiger charge is -2.44. The number of aliphatic hydroxyl groups is 1. The molecule has 1 N–H and O–H groups in total. The normalized spacial score (nSPS) is 31.2. The summed E-state index contributed by atoms with van der Waals surface area (Å²) in [6, 6.07) is 13.5. The fourth-order valence-electron chi connectivity index (χ4n) is 5.10. The van der Waals surface area contributed by atoms with Gasteiger partial charge in [-0.15, -0.1) is 12.8 Å². The van der Waals surface area contributed by atoms with Crippen molar-refractivity contribution >= 4 is 12.0 Å². The van der Waals surface area contributed by atoms with Gasteiger partial charge in [0.2, 0.25) is 0 Å². The molecule has 2 heterocycles. The fraction of sp³-hybridized carbons (Fsp3) is 0.370. The zero-order valence-electron chi connectivity index (χ0n) is 18.6. The van der Waals surface area contributed by atoms with E-state index in [1.54, 1.807) is 12.3 Å². The molecule has 0 amide bonds. The topological polar surface area (TPSA) is 83.2 Å². The zero-order chi connectivity index (χ0) is 23.5. The summed E-state index contributed by atoms with van der Waals surface area (Å²) < 4.78 is 5.41. The Morgan fingerprint density at radius 2 is 1.94 bits per heavy atom. The van der Waals surface area contributed by atoms with Crippen LogP contribution in [0.15, 0.2) is 48.7 Å². The number of pyridine rings is 1. The van der Waals surface area contributed by atoms with Gasteiger partial charge in [0, 0.05) is 23.2 Å². The third kappa shape index (κ3) is 4.05. The number of esters is 1. The molecule has 5 nitrogen and oxygen atoms in total. The maximum absolute atomic E-state index is 12.3. The van der Waals surface area contributed by atoms with Crippen LogP contribution < -0.4 is 0 Å². The lowest BCUT2D eigenvalue weighted by atomic mass is 9.60. The highest BCUT2D eigenvalue weighted by Crippen LogP contribution is 2.51. The molecule has 5 heteroatoms. The van der Waals surface area contributed by atoms with E-state index in [1.165, 1.54) is 0 Å². The monoisotopic (exact) mass is 428 g/mol. The van der Waals surface area contributed by atoms with E-state index >= 15 is 0 Å². The molecule has 32 heavy (non-hydrogen) atoms. The molecule has 2 fully saturated rings. The summed E-state index contributed by atoms with van der Waals surface area (Å²) in [5, 5.41) is 20.4. The van der Waals surface area contributed by atoms with Gasteiger partial charge in [-0.3, -0.25) is 4.98 Å². The van der Waals surface area contributed by atoms with E-state index in [0.717, 1.165) is 16.8 Å². The van der Waals surface area contributed by atoms with E-state index in [2.05, 4.69) is 43.8 Å². The van der Waals surface area contributed by atoms with Crippen LogP contribution in [0.4, 0.5) is 0 Å². The molecule has 2 aromatic rings. The van der Waals surface area contributed by atoms with Gasteiger partial charge in [-0.2, -0.15) is 5.26 Å². The maximum atomic E-state index is 12.3. The lowest BCUT2D eigenvalue weighted by molar-refractivity contribution is -0.160. The summed E-state index contributed by atoms with van der Waals surface area (Å²) in [6.07, 6.45) is 13.9. The van der Waals surface area contributed by atoms with E-state index in [9.17, 15) is 15.2 Å². The summed E-state index contributed by atoms with van der Waals surface area (Å²) >= 11 is 0. The van der Waals surface area contributed by atoms with E-state index < -0.39 is 11.6 Å². The number of carbonyl (C=O) groups excluding carboxylic acids is 1. The minimum absolute atomic E-state index is 0.0148. The van der Waals surface area contributed by atoms with Crippen molar-refractivity contribution < 1.29 is 14.6 Å². The minimum Gasteiger partial charge on any atom is -0.460 e. The molecular formula is C27H28N2O3. The van der Waals surface area contributed by atoms with Gasteiger partial charge >= 0.3 is 5.97 Å². The van der Waals surface area contributed by atoms with Crippen LogP contribution in [0.5, 0.6) is 0 Å². The SMILES string of the molecule is C#C.CC1[C@@H](C)C[C@@]2(O)C(=O)O[C@H](C)[C@H]2[C@H]1/C=C/c1ccc(-c2ccccc2C#N)cn1. The molecule has 1 saturated heterocycles. The van der Waals surface area contributed by atoms with Gasteiger partial charge in [0.1, 0.15) is 6.10 Å². The van der Waals surface area contributed by atoms with E-state index in [0.29, 0.717) is 17.9 Å². The first-order valence-corrected chi connectivity index (χ1v) is 10.8. The number of fused-ring (bicyclic) bond motifs is 1. The summed E-state index contributed by atoms with van der Waals surface area (Å²) in [5.74, 6) is -0.215. The minimum atomic E-state index is -1.40. The van der Waals surface area contributed by atoms with E-state index in [-0.39, 0.29) is 23.9 Å². The maximum Gasteiger partial charge on any atom is 0.338 e. The molecule has 1 saturated carbocycles. The average molecular weight is 429 g/mol. The molecule has 1 aromatic heterocycles. The molecule has 6 atom stereocenters. The number of aromatic nitrogens is 1. The second kappa shape index (κ2) is 9.39. The number of allylic oxidation sites excluding steroid dienone is 1. The third-order valence-electron chi connectivity index (χ3n) is 6.89. The van der Waals surface area contributed by atoms with Crippen molar-refractivity contribution in [1.29, 1.82) is 5.26 Å². The highest BCUT2D eigenvalue weighted by atomic mass is 16.6. The van der Waals surface area contributed by atoms with E-state index in [1.807, 2.05) is 43.3 Å². The standard InChI is InChI=1S/C25H26N2O3.C2H2/c1-15-12-25(29)23(17(3)30-24(25)28)21(16(15)2)11-10-20-9-8-19(14-27-20)22-7-5-4-6-18(22)13-26;1-2/h4-11,14-17,21,23,29H,12H2,1-3H3;1-2H/b11-10+;/t15-,16?,17+,21-,23-,25-;/m0./s1. The van der Waals surface area contributed by atoms with Crippen molar-refractivity contribution in [2.75, 3.05) is 0 Å². The molecular weight excluding hydrogens is 400 g/mol. The van der Waals surface area contributed by atoms with Gasteiger partial charge in [-0.1, -0.05) is 44.2 Å². The Morgan fingerprint density at radius 3 is 2.59 bits per heavy atom. The van der Waals surface area contributed by atoms with Crippen LogP contribution in [-0.2, 0) is 9.53 Å². The van der Waals surface area contributed by atoms with Crippen LogP contribution in [0, 0.1) is 47.8 Å². The summed E-state index contributed by atoms with van der Waals surface area (Å²) in [4.78, 5) is 16.8. The number of hydrogen-bond acceptors (Lipinski definition) is 5. The number of cyclic esters (lactones) is 1. The van der Waals surface area contributed by atoms with Crippen molar-refractivity contribution in [3.8, 4) is 30.0 Å². The van der Waals surface area contributed by atoms with Crippen molar-refractivity contribution in [2.45, 2.75) is 38.9 Å². The van der Waals surface area contributed by atoms with Gasteiger partial charge in [0.25, 0.3) is 0 Å². The molecule has 1 unspecified atom stereocenters. The summed E-state index contributed by atoms with van der Waals surface area (Å²) in [6.45, 7) is 6.11.